The number of benzene rings is 1. The minimum absolute atomic E-state index is 0.128. The summed E-state index contributed by atoms with van der Waals surface area (Å²) in [6.07, 6.45) is 1.38. The first-order valence-corrected chi connectivity index (χ1v) is 9.45. The molecule has 1 fully saturated rings. The summed E-state index contributed by atoms with van der Waals surface area (Å²) in [7, 11) is 0. The van der Waals surface area contributed by atoms with Gasteiger partial charge in [-0.15, -0.1) is 0 Å². The van der Waals surface area contributed by atoms with Crippen LogP contribution in [0.3, 0.4) is 0 Å². The maximum Gasteiger partial charge on any atom is 0.251 e. The van der Waals surface area contributed by atoms with Crippen LogP contribution in [0.2, 0.25) is 0 Å². The third kappa shape index (κ3) is 5.17. The Morgan fingerprint density at radius 3 is 2.59 bits per heavy atom. The number of rotatable bonds is 6. The number of piperidine rings is 1. The van der Waals surface area contributed by atoms with Gasteiger partial charge in [-0.25, -0.2) is 9.97 Å². The molecule has 1 amide bonds. The van der Waals surface area contributed by atoms with Gasteiger partial charge in [0.25, 0.3) is 5.91 Å². The van der Waals surface area contributed by atoms with E-state index in [1.54, 1.807) is 0 Å². The zero-order chi connectivity index (χ0) is 19.2. The molecule has 2 aromatic rings. The van der Waals surface area contributed by atoms with Gasteiger partial charge in [-0.2, -0.15) is 0 Å². The number of amides is 1. The van der Waals surface area contributed by atoms with Crippen LogP contribution in [-0.2, 0) is 6.54 Å². The first kappa shape index (κ1) is 19.1. The van der Waals surface area contributed by atoms with Crippen LogP contribution in [0.5, 0.6) is 0 Å². The average molecular weight is 369 g/mol. The summed E-state index contributed by atoms with van der Waals surface area (Å²) in [5.74, 6) is 1.32. The summed E-state index contributed by atoms with van der Waals surface area (Å²) in [4.78, 5) is 23.3. The standard InChI is InChI=1S/C20H27N5O2/c1-3-21-19-12-16(23-14(2)24-19)13-22-20(27)15-4-6-17(7-5-15)25-10-8-18(26)9-11-25/h4-7,12,18,26H,3,8-11,13H2,1-2H3,(H,22,27)(H,21,23,24). The molecule has 3 rings (SSSR count). The Kier molecular flexibility index (Phi) is 6.24. The second kappa shape index (κ2) is 8.81. The van der Waals surface area contributed by atoms with E-state index in [2.05, 4.69) is 25.5 Å². The highest BCUT2D eigenvalue weighted by Gasteiger charge is 2.17. The summed E-state index contributed by atoms with van der Waals surface area (Å²) < 4.78 is 0. The molecule has 0 aliphatic carbocycles. The highest BCUT2D eigenvalue weighted by Crippen LogP contribution is 2.20. The normalized spacial score (nSPS) is 14.9. The van der Waals surface area contributed by atoms with Gasteiger partial charge in [0.1, 0.15) is 11.6 Å². The van der Waals surface area contributed by atoms with Crippen LogP contribution in [-0.4, -0.2) is 46.7 Å². The lowest BCUT2D eigenvalue weighted by Crippen LogP contribution is -2.35. The Hall–Kier alpha value is -2.67. The van der Waals surface area contributed by atoms with Crippen molar-refractivity contribution in [3.8, 4) is 0 Å². The Morgan fingerprint density at radius 2 is 1.93 bits per heavy atom. The third-order valence-corrected chi connectivity index (χ3v) is 4.64. The van der Waals surface area contributed by atoms with Crippen LogP contribution in [0, 0.1) is 6.92 Å². The van der Waals surface area contributed by atoms with Crippen LogP contribution in [0.25, 0.3) is 0 Å². The fraction of sp³-hybridized carbons (Fsp3) is 0.450. The van der Waals surface area contributed by atoms with Crippen molar-refractivity contribution in [3.05, 3.63) is 47.4 Å². The zero-order valence-corrected chi connectivity index (χ0v) is 15.9. The van der Waals surface area contributed by atoms with E-state index in [1.807, 2.05) is 44.2 Å². The van der Waals surface area contributed by atoms with Gasteiger partial charge in [0.15, 0.2) is 0 Å². The van der Waals surface area contributed by atoms with Crippen molar-refractivity contribution >= 4 is 17.4 Å². The molecule has 2 heterocycles. The van der Waals surface area contributed by atoms with Gasteiger partial charge in [0.2, 0.25) is 0 Å². The number of aliphatic hydroxyl groups is 1. The number of aliphatic hydroxyl groups excluding tert-OH is 1. The van der Waals surface area contributed by atoms with Crippen LogP contribution in [0.1, 0.15) is 41.6 Å². The van der Waals surface area contributed by atoms with Crippen molar-refractivity contribution in [1.29, 1.82) is 0 Å². The smallest absolute Gasteiger partial charge is 0.251 e. The molecular formula is C20H27N5O2. The molecular weight excluding hydrogens is 342 g/mol. The second-order valence-electron chi connectivity index (χ2n) is 6.77. The van der Waals surface area contributed by atoms with Crippen LogP contribution in [0.15, 0.2) is 30.3 Å². The molecule has 0 saturated carbocycles. The SMILES string of the molecule is CCNc1cc(CNC(=O)c2ccc(N3CCC(O)CC3)cc2)nc(C)n1. The molecule has 144 valence electrons. The summed E-state index contributed by atoms with van der Waals surface area (Å²) >= 11 is 0. The van der Waals surface area contributed by atoms with Gasteiger partial charge in [-0.3, -0.25) is 4.79 Å². The van der Waals surface area contributed by atoms with E-state index in [-0.39, 0.29) is 12.0 Å². The average Bonchev–Trinajstić information content (AvgIpc) is 2.67. The number of aryl methyl sites for hydroxylation is 1. The lowest BCUT2D eigenvalue weighted by atomic mass is 10.1. The number of nitrogens with zero attached hydrogens (tertiary/aromatic N) is 3. The van der Waals surface area contributed by atoms with E-state index in [0.29, 0.717) is 17.9 Å². The predicted molar refractivity (Wildman–Crippen MR) is 106 cm³/mol. The summed E-state index contributed by atoms with van der Waals surface area (Å²) in [6.45, 7) is 6.66. The van der Waals surface area contributed by atoms with Crippen molar-refractivity contribution in [2.75, 3.05) is 29.9 Å². The maximum absolute atomic E-state index is 12.4. The fourth-order valence-electron chi connectivity index (χ4n) is 3.21. The molecule has 7 nitrogen and oxygen atoms in total. The van der Waals surface area contributed by atoms with Crippen molar-refractivity contribution in [2.24, 2.45) is 0 Å². The monoisotopic (exact) mass is 369 g/mol. The second-order valence-corrected chi connectivity index (χ2v) is 6.77. The van der Waals surface area contributed by atoms with E-state index in [4.69, 9.17) is 0 Å². The number of aromatic nitrogens is 2. The quantitative estimate of drug-likeness (QED) is 0.723. The lowest BCUT2D eigenvalue weighted by molar-refractivity contribution is 0.0950. The van der Waals surface area contributed by atoms with E-state index in [9.17, 15) is 9.90 Å². The maximum atomic E-state index is 12.4. The first-order valence-electron chi connectivity index (χ1n) is 9.45. The van der Waals surface area contributed by atoms with Crippen molar-refractivity contribution < 1.29 is 9.90 Å². The number of anilines is 2. The Balaban J connectivity index is 1.58. The topological polar surface area (TPSA) is 90.4 Å². The van der Waals surface area contributed by atoms with Gasteiger partial charge in [0.05, 0.1) is 18.3 Å². The molecule has 1 aromatic heterocycles. The van der Waals surface area contributed by atoms with Crippen molar-refractivity contribution in [2.45, 2.75) is 39.3 Å². The van der Waals surface area contributed by atoms with Crippen LogP contribution < -0.4 is 15.5 Å². The van der Waals surface area contributed by atoms with Gasteiger partial charge < -0.3 is 20.6 Å². The van der Waals surface area contributed by atoms with E-state index >= 15 is 0 Å². The van der Waals surface area contributed by atoms with Crippen LogP contribution >= 0.6 is 0 Å². The highest BCUT2D eigenvalue weighted by atomic mass is 16.3. The number of carbonyl (C=O) groups is 1. The molecule has 0 unspecified atom stereocenters. The number of nitrogens with one attached hydrogen (secondary N) is 2. The molecule has 0 bridgehead atoms. The molecule has 0 radical (unpaired) electrons. The van der Waals surface area contributed by atoms with Gasteiger partial charge in [-0.05, 0) is 51.0 Å². The molecule has 27 heavy (non-hydrogen) atoms. The summed E-state index contributed by atoms with van der Waals surface area (Å²) in [5, 5.41) is 15.7. The number of carbonyl (C=O) groups excluding carboxylic acids is 1. The Labute approximate surface area is 159 Å². The molecule has 7 heteroatoms. The zero-order valence-electron chi connectivity index (χ0n) is 15.9. The number of hydrogen-bond acceptors (Lipinski definition) is 6. The molecule has 1 saturated heterocycles. The predicted octanol–water partition coefficient (Wildman–Crippen LogP) is 2.11. The van der Waals surface area contributed by atoms with Crippen molar-refractivity contribution in [3.63, 3.8) is 0 Å². The molecule has 1 aliphatic rings. The van der Waals surface area contributed by atoms with Gasteiger partial charge in [-0.1, -0.05) is 0 Å². The van der Waals surface area contributed by atoms with E-state index in [1.165, 1.54) is 0 Å². The fourth-order valence-corrected chi connectivity index (χ4v) is 3.21. The largest absolute Gasteiger partial charge is 0.393 e. The van der Waals surface area contributed by atoms with Gasteiger partial charge in [0, 0.05) is 37.0 Å². The highest BCUT2D eigenvalue weighted by molar-refractivity contribution is 5.94. The summed E-state index contributed by atoms with van der Waals surface area (Å²) in [5.41, 5.74) is 2.48. The lowest BCUT2D eigenvalue weighted by Gasteiger charge is -2.31. The Bertz CT molecular complexity index is 770. The summed E-state index contributed by atoms with van der Waals surface area (Å²) in [6, 6.07) is 9.45. The molecule has 0 spiro atoms. The third-order valence-electron chi connectivity index (χ3n) is 4.64. The van der Waals surface area contributed by atoms with E-state index < -0.39 is 0 Å². The number of hydrogen-bond donors (Lipinski definition) is 3. The van der Waals surface area contributed by atoms with Gasteiger partial charge >= 0.3 is 0 Å². The minimum Gasteiger partial charge on any atom is -0.393 e. The van der Waals surface area contributed by atoms with E-state index in [0.717, 1.165) is 49.7 Å². The minimum atomic E-state index is -0.190. The van der Waals surface area contributed by atoms with Crippen LogP contribution in [0.4, 0.5) is 11.5 Å². The molecule has 1 aliphatic heterocycles. The Morgan fingerprint density at radius 1 is 1.22 bits per heavy atom. The van der Waals surface area contributed by atoms with Crippen molar-refractivity contribution in [1.82, 2.24) is 15.3 Å². The molecule has 1 aromatic carbocycles. The molecule has 0 atom stereocenters. The first-order chi connectivity index (χ1) is 13.0. The molecule has 3 N–H and O–H groups in total.